The predicted molar refractivity (Wildman–Crippen MR) is 87.5 cm³/mol. The maximum atomic E-state index is 12.3. The molecule has 0 aliphatic carbocycles. The largest absolute Gasteiger partial charge is 0.481 e. The number of nitrogens with one attached hydrogen (secondary N) is 1. The normalized spacial score (nSPS) is 11.9. The van der Waals surface area contributed by atoms with Crippen molar-refractivity contribution in [2.75, 3.05) is 5.32 Å². The van der Waals surface area contributed by atoms with Gasteiger partial charge in [-0.25, -0.2) is 0 Å². The summed E-state index contributed by atoms with van der Waals surface area (Å²) in [5.41, 5.74) is 0.705. The van der Waals surface area contributed by atoms with E-state index in [1.807, 2.05) is 41.8 Å². The number of aromatic nitrogens is 2. The summed E-state index contributed by atoms with van der Waals surface area (Å²) in [5, 5.41) is 9.12. The number of thiophene rings is 1. The van der Waals surface area contributed by atoms with Crippen LogP contribution in [0, 0.1) is 6.92 Å². The molecule has 0 saturated heterocycles. The molecule has 118 valence electrons. The molecule has 1 N–H and O–H groups in total. The minimum atomic E-state index is -0.628. The number of anilines is 1. The van der Waals surface area contributed by atoms with Crippen molar-refractivity contribution in [1.82, 2.24) is 10.1 Å². The van der Waals surface area contributed by atoms with Crippen LogP contribution in [-0.4, -0.2) is 22.2 Å². The first-order chi connectivity index (χ1) is 11.1. The summed E-state index contributed by atoms with van der Waals surface area (Å²) in [7, 11) is 0. The van der Waals surface area contributed by atoms with Gasteiger partial charge in [0.15, 0.2) is 11.9 Å². The number of amides is 1. The van der Waals surface area contributed by atoms with Crippen molar-refractivity contribution in [3.05, 3.63) is 47.6 Å². The Morgan fingerprint density at radius 2 is 2.09 bits per heavy atom. The van der Waals surface area contributed by atoms with Crippen LogP contribution in [0.4, 0.5) is 5.00 Å². The average Bonchev–Trinajstić information content (AvgIpc) is 3.17. The minimum Gasteiger partial charge on any atom is -0.481 e. The number of carbonyl (C=O) groups excluding carboxylic acids is 1. The number of para-hydroxylation sites is 1. The van der Waals surface area contributed by atoms with Crippen LogP contribution >= 0.6 is 11.3 Å². The van der Waals surface area contributed by atoms with Gasteiger partial charge in [0.25, 0.3) is 11.8 Å². The number of ether oxygens (including phenoxy) is 1. The van der Waals surface area contributed by atoms with Gasteiger partial charge in [0.2, 0.25) is 0 Å². The zero-order chi connectivity index (χ0) is 16.2. The first-order valence-electron chi connectivity index (χ1n) is 7.04. The molecule has 3 aromatic rings. The number of carbonyl (C=O) groups is 1. The van der Waals surface area contributed by atoms with Crippen molar-refractivity contribution >= 4 is 22.2 Å². The van der Waals surface area contributed by atoms with Crippen molar-refractivity contribution in [3.8, 4) is 17.2 Å². The second kappa shape index (κ2) is 6.62. The third kappa shape index (κ3) is 3.57. The smallest absolute Gasteiger partial charge is 0.265 e. The summed E-state index contributed by atoms with van der Waals surface area (Å²) in [6.45, 7) is 3.44. The summed E-state index contributed by atoms with van der Waals surface area (Å²) in [6.07, 6.45) is -0.628. The summed E-state index contributed by atoms with van der Waals surface area (Å²) >= 11 is 1.39. The topological polar surface area (TPSA) is 77.2 Å². The summed E-state index contributed by atoms with van der Waals surface area (Å²) in [4.78, 5) is 16.5. The Bertz CT molecular complexity index is 798. The average molecular weight is 329 g/mol. The number of benzene rings is 1. The lowest BCUT2D eigenvalue weighted by molar-refractivity contribution is -0.122. The van der Waals surface area contributed by atoms with Gasteiger partial charge in [-0.3, -0.25) is 4.79 Å². The second-order valence-corrected chi connectivity index (χ2v) is 5.79. The zero-order valence-electron chi connectivity index (χ0n) is 12.6. The molecule has 1 aromatic carbocycles. The second-order valence-electron chi connectivity index (χ2n) is 4.87. The Morgan fingerprint density at radius 3 is 2.78 bits per heavy atom. The van der Waals surface area contributed by atoms with E-state index in [4.69, 9.17) is 9.26 Å². The van der Waals surface area contributed by atoms with Gasteiger partial charge in [0.05, 0.1) is 5.56 Å². The SMILES string of the molecule is Cc1noc(-c2ccsc2NC(=O)C(C)Oc2ccccc2)n1. The molecule has 0 aliphatic rings. The van der Waals surface area contributed by atoms with Gasteiger partial charge in [-0.05, 0) is 37.4 Å². The lowest BCUT2D eigenvalue weighted by atomic mass is 10.3. The Kier molecular flexibility index (Phi) is 4.38. The molecule has 1 unspecified atom stereocenters. The lowest BCUT2D eigenvalue weighted by Gasteiger charge is -2.14. The Hall–Kier alpha value is -2.67. The molecule has 0 bridgehead atoms. The van der Waals surface area contributed by atoms with Gasteiger partial charge >= 0.3 is 0 Å². The van der Waals surface area contributed by atoms with Gasteiger partial charge in [-0.15, -0.1) is 11.3 Å². The highest BCUT2D eigenvalue weighted by Gasteiger charge is 2.19. The van der Waals surface area contributed by atoms with E-state index in [0.29, 0.717) is 28.0 Å². The highest BCUT2D eigenvalue weighted by atomic mass is 32.1. The van der Waals surface area contributed by atoms with E-state index in [9.17, 15) is 4.79 Å². The fourth-order valence-electron chi connectivity index (χ4n) is 1.95. The van der Waals surface area contributed by atoms with Crippen LogP contribution in [0.15, 0.2) is 46.3 Å². The van der Waals surface area contributed by atoms with Crippen molar-refractivity contribution < 1.29 is 14.1 Å². The summed E-state index contributed by atoms with van der Waals surface area (Å²) < 4.78 is 10.8. The number of aryl methyl sites for hydroxylation is 1. The van der Waals surface area contributed by atoms with E-state index in [0.717, 1.165) is 0 Å². The molecule has 0 fully saturated rings. The predicted octanol–water partition coefficient (Wildman–Crippen LogP) is 3.51. The van der Waals surface area contributed by atoms with Crippen LogP contribution in [0.25, 0.3) is 11.5 Å². The molecule has 2 heterocycles. The van der Waals surface area contributed by atoms with Gasteiger partial charge in [-0.2, -0.15) is 4.98 Å². The van der Waals surface area contributed by atoms with E-state index in [2.05, 4.69) is 15.5 Å². The summed E-state index contributed by atoms with van der Waals surface area (Å²) in [5.74, 6) is 1.34. The highest BCUT2D eigenvalue weighted by Crippen LogP contribution is 2.32. The number of rotatable bonds is 5. The molecule has 0 spiro atoms. The van der Waals surface area contributed by atoms with Crippen LogP contribution in [-0.2, 0) is 4.79 Å². The van der Waals surface area contributed by atoms with Crippen molar-refractivity contribution in [3.63, 3.8) is 0 Å². The molecule has 3 rings (SSSR count). The fourth-order valence-corrected chi connectivity index (χ4v) is 2.73. The monoisotopic (exact) mass is 329 g/mol. The third-order valence-electron chi connectivity index (χ3n) is 3.09. The first kappa shape index (κ1) is 15.2. The van der Waals surface area contributed by atoms with E-state index in [-0.39, 0.29) is 5.91 Å². The van der Waals surface area contributed by atoms with Crippen molar-refractivity contribution in [1.29, 1.82) is 0 Å². The maximum absolute atomic E-state index is 12.3. The van der Waals surface area contributed by atoms with Crippen LogP contribution < -0.4 is 10.1 Å². The molecule has 7 heteroatoms. The Labute approximate surface area is 137 Å². The van der Waals surface area contributed by atoms with Crippen LogP contribution in [0.3, 0.4) is 0 Å². The fraction of sp³-hybridized carbons (Fsp3) is 0.188. The first-order valence-corrected chi connectivity index (χ1v) is 7.92. The molecule has 2 aromatic heterocycles. The molecule has 1 atom stereocenters. The zero-order valence-corrected chi connectivity index (χ0v) is 13.5. The van der Waals surface area contributed by atoms with Gasteiger partial charge in [0, 0.05) is 0 Å². The van der Waals surface area contributed by atoms with Crippen LogP contribution in [0.1, 0.15) is 12.7 Å². The molecule has 0 saturated carbocycles. The molecule has 0 aliphatic heterocycles. The number of hydrogen-bond acceptors (Lipinski definition) is 6. The molecule has 23 heavy (non-hydrogen) atoms. The van der Waals surface area contributed by atoms with Crippen LogP contribution in [0.2, 0.25) is 0 Å². The molecular formula is C16H15N3O3S. The van der Waals surface area contributed by atoms with Gasteiger partial charge in [-0.1, -0.05) is 23.4 Å². The Balaban J connectivity index is 1.70. The molecule has 1 amide bonds. The van der Waals surface area contributed by atoms with Crippen molar-refractivity contribution in [2.24, 2.45) is 0 Å². The molecule has 6 nitrogen and oxygen atoms in total. The van der Waals surface area contributed by atoms with Crippen molar-refractivity contribution in [2.45, 2.75) is 20.0 Å². The molecule has 0 radical (unpaired) electrons. The van der Waals surface area contributed by atoms with E-state index >= 15 is 0 Å². The van der Waals surface area contributed by atoms with Gasteiger partial charge < -0.3 is 14.6 Å². The highest BCUT2D eigenvalue weighted by molar-refractivity contribution is 7.15. The Morgan fingerprint density at radius 1 is 1.30 bits per heavy atom. The van der Waals surface area contributed by atoms with E-state index in [1.54, 1.807) is 13.8 Å². The van der Waals surface area contributed by atoms with Crippen LogP contribution in [0.5, 0.6) is 5.75 Å². The minimum absolute atomic E-state index is 0.242. The standard InChI is InChI=1S/C16H15N3O3S/c1-10(21-12-6-4-3-5-7-12)14(20)18-16-13(8-9-23-16)15-17-11(2)19-22-15/h3-10H,1-2H3,(H,18,20). The van der Waals surface area contributed by atoms with E-state index < -0.39 is 6.10 Å². The third-order valence-corrected chi connectivity index (χ3v) is 3.92. The maximum Gasteiger partial charge on any atom is 0.265 e. The summed E-state index contributed by atoms with van der Waals surface area (Å²) in [6, 6.07) is 11.0. The van der Waals surface area contributed by atoms with E-state index in [1.165, 1.54) is 11.3 Å². The van der Waals surface area contributed by atoms with Gasteiger partial charge in [0.1, 0.15) is 10.8 Å². The lowest BCUT2D eigenvalue weighted by Crippen LogP contribution is -2.29. The quantitative estimate of drug-likeness (QED) is 0.775. The molecular weight excluding hydrogens is 314 g/mol. The number of nitrogens with zero attached hydrogens (tertiary/aromatic N) is 2. The number of hydrogen-bond donors (Lipinski definition) is 1.